The fourth-order valence-electron chi connectivity index (χ4n) is 1.60. The van der Waals surface area contributed by atoms with Gasteiger partial charge in [-0.15, -0.1) is 0 Å². The van der Waals surface area contributed by atoms with Crippen molar-refractivity contribution in [1.82, 2.24) is 9.78 Å². The zero-order valence-corrected chi connectivity index (χ0v) is 10.5. The largest absolute Gasteiger partial charge is 0.508 e. The summed E-state index contributed by atoms with van der Waals surface area (Å²) in [4.78, 5) is 12.0. The van der Waals surface area contributed by atoms with Crippen molar-refractivity contribution in [1.29, 1.82) is 0 Å². The fourth-order valence-corrected chi connectivity index (χ4v) is 1.83. The Bertz CT molecular complexity index is 580. The highest BCUT2D eigenvalue weighted by Gasteiger charge is 2.16. The average Bonchev–Trinajstić information content (AvgIpc) is 2.70. The highest BCUT2D eigenvalue weighted by Crippen LogP contribution is 2.19. The predicted octanol–water partition coefficient (Wildman–Crippen LogP) is 2.51. The Morgan fingerprint density at radius 3 is 3.00 bits per heavy atom. The molecule has 1 aromatic heterocycles. The van der Waals surface area contributed by atoms with E-state index >= 15 is 0 Å². The summed E-state index contributed by atoms with van der Waals surface area (Å²) in [5.41, 5.74) is 0.808. The number of benzene rings is 1. The Kier molecular flexibility index (Phi) is 3.53. The van der Waals surface area contributed by atoms with Crippen LogP contribution in [0.5, 0.6) is 5.75 Å². The highest BCUT2D eigenvalue weighted by molar-refractivity contribution is 6.34. The summed E-state index contributed by atoms with van der Waals surface area (Å²) in [6.45, 7) is 2.42. The maximum absolute atomic E-state index is 12.0. The Morgan fingerprint density at radius 1 is 1.56 bits per heavy atom. The Balaban J connectivity index is 2.24. The maximum atomic E-state index is 12.0. The second kappa shape index (κ2) is 5.10. The van der Waals surface area contributed by atoms with Gasteiger partial charge in [-0.05, 0) is 19.1 Å². The van der Waals surface area contributed by atoms with Crippen LogP contribution in [0.1, 0.15) is 17.4 Å². The zero-order chi connectivity index (χ0) is 13.1. The molecule has 6 heteroatoms. The number of nitrogens with one attached hydrogen (secondary N) is 1. The summed E-state index contributed by atoms with van der Waals surface area (Å²) in [5, 5.41) is 16.3. The van der Waals surface area contributed by atoms with Crippen LogP contribution < -0.4 is 5.32 Å². The molecule has 0 spiro atoms. The molecule has 2 N–H and O–H groups in total. The minimum absolute atomic E-state index is 0.0860. The van der Waals surface area contributed by atoms with Crippen LogP contribution in [0.15, 0.2) is 30.5 Å². The predicted molar refractivity (Wildman–Crippen MR) is 69.0 cm³/mol. The molecule has 0 saturated carbocycles. The Hall–Kier alpha value is -2.01. The molecule has 0 unspecified atom stereocenters. The van der Waals surface area contributed by atoms with Crippen molar-refractivity contribution in [2.45, 2.75) is 13.5 Å². The zero-order valence-electron chi connectivity index (χ0n) is 9.72. The number of aromatic hydroxyl groups is 1. The number of anilines is 1. The molecule has 18 heavy (non-hydrogen) atoms. The van der Waals surface area contributed by atoms with Gasteiger partial charge in [0.1, 0.15) is 11.4 Å². The van der Waals surface area contributed by atoms with E-state index in [1.54, 1.807) is 12.1 Å². The lowest BCUT2D eigenvalue weighted by Crippen LogP contribution is -2.17. The van der Waals surface area contributed by atoms with Gasteiger partial charge >= 0.3 is 0 Å². The molecule has 5 nitrogen and oxygen atoms in total. The first-order chi connectivity index (χ1) is 8.61. The number of amides is 1. The van der Waals surface area contributed by atoms with Crippen LogP contribution in [0.3, 0.4) is 0 Å². The van der Waals surface area contributed by atoms with Gasteiger partial charge in [0.2, 0.25) is 0 Å². The van der Waals surface area contributed by atoms with Gasteiger partial charge in [0.15, 0.2) is 0 Å². The molecule has 0 atom stereocenters. The summed E-state index contributed by atoms with van der Waals surface area (Å²) in [7, 11) is 0. The van der Waals surface area contributed by atoms with Gasteiger partial charge in [0.25, 0.3) is 5.91 Å². The van der Waals surface area contributed by atoms with Crippen LogP contribution in [0.4, 0.5) is 5.69 Å². The molecule has 2 rings (SSSR count). The lowest BCUT2D eigenvalue weighted by atomic mass is 10.3. The normalized spacial score (nSPS) is 10.3. The Labute approximate surface area is 109 Å². The summed E-state index contributed by atoms with van der Waals surface area (Å²) in [6, 6.07) is 6.30. The fraction of sp³-hybridized carbons (Fsp3) is 0.167. The van der Waals surface area contributed by atoms with Gasteiger partial charge in [-0.1, -0.05) is 17.7 Å². The van der Waals surface area contributed by atoms with Crippen LogP contribution in [0, 0.1) is 0 Å². The van der Waals surface area contributed by atoms with Crippen molar-refractivity contribution in [3.05, 3.63) is 41.2 Å². The van der Waals surface area contributed by atoms with Gasteiger partial charge in [-0.3, -0.25) is 9.48 Å². The summed E-state index contributed by atoms with van der Waals surface area (Å²) >= 11 is 5.92. The SMILES string of the molecule is CCn1ncc(Cl)c1C(=O)Nc1cccc(O)c1. The molecule has 0 fully saturated rings. The minimum atomic E-state index is -0.357. The van der Waals surface area contributed by atoms with Crippen LogP contribution in [0.25, 0.3) is 0 Å². The number of hydrogen-bond donors (Lipinski definition) is 2. The number of aromatic nitrogens is 2. The maximum Gasteiger partial charge on any atom is 0.275 e. The van der Waals surface area contributed by atoms with Gasteiger partial charge in [0.05, 0.1) is 11.2 Å². The first-order valence-electron chi connectivity index (χ1n) is 5.43. The van der Waals surface area contributed by atoms with Crippen LogP contribution in [0.2, 0.25) is 5.02 Å². The molecule has 1 amide bonds. The van der Waals surface area contributed by atoms with Crippen molar-refractivity contribution < 1.29 is 9.90 Å². The third-order valence-corrected chi connectivity index (χ3v) is 2.69. The molecule has 0 aliphatic heterocycles. The van der Waals surface area contributed by atoms with Crippen molar-refractivity contribution in [3.8, 4) is 5.75 Å². The molecular formula is C12H12ClN3O2. The van der Waals surface area contributed by atoms with E-state index in [1.165, 1.54) is 23.0 Å². The molecular weight excluding hydrogens is 254 g/mol. The van der Waals surface area contributed by atoms with E-state index in [0.717, 1.165) is 0 Å². The summed E-state index contributed by atoms with van der Waals surface area (Å²) < 4.78 is 1.51. The molecule has 0 aliphatic rings. The van der Waals surface area contributed by atoms with Crippen molar-refractivity contribution in [2.24, 2.45) is 0 Å². The van der Waals surface area contributed by atoms with Gasteiger partial charge < -0.3 is 10.4 Å². The molecule has 2 aromatic rings. The number of phenols is 1. The highest BCUT2D eigenvalue weighted by atomic mass is 35.5. The monoisotopic (exact) mass is 265 g/mol. The smallest absolute Gasteiger partial charge is 0.275 e. The third kappa shape index (κ3) is 2.46. The number of rotatable bonds is 3. The second-order valence-corrected chi connectivity index (χ2v) is 4.07. The van der Waals surface area contributed by atoms with E-state index in [9.17, 15) is 9.90 Å². The van der Waals surface area contributed by atoms with Crippen LogP contribution in [-0.4, -0.2) is 20.8 Å². The molecule has 1 heterocycles. The number of nitrogens with zero attached hydrogens (tertiary/aromatic N) is 2. The number of aryl methyl sites for hydroxylation is 1. The molecule has 0 bridgehead atoms. The van der Waals surface area contributed by atoms with Crippen LogP contribution >= 0.6 is 11.6 Å². The van der Waals surface area contributed by atoms with Crippen molar-refractivity contribution >= 4 is 23.2 Å². The van der Waals surface area contributed by atoms with Crippen molar-refractivity contribution in [2.75, 3.05) is 5.32 Å². The first-order valence-corrected chi connectivity index (χ1v) is 5.81. The molecule has 94 valence electrons. The van der Waals surface area contributed by atoms with E-state index in [4.69, 9.17) is 11.6 Å². The van der Waals surface area contributed by atoms with E-state index in [2.05, 4.69) is 10.4 Å². The number of halogens is 1. The van der Waals surface area contributed by atoms with E-state index in [0.29, 0.717) is 22.9 Å². The number of carbonyl (C=O) groups is 1. The summed E-state index contributed by atoms with van der Waals surface area (Å²) in [5.74, 6) is -0.271. The van der Waals surface area contributed by atoms with Gasteiger partial charge in [-0.25, -0.2) is 0 Å². The minimum Gasteiger partial charge on any atom is -0.508 e. The molecule has 0 radical (unpaired) electrons. The number of phenolic OH excluding ortho intramolecular Hbond substituents is 1. The van der Waals surface area contributed by atoms with Crippen LogP contribution in [-0.2, 0) is 6.54 Å². The third-order valence-electron chi connectivity index (χ3n) is 2.41. The van der Waals surface area contributed by atoms with E-state index in [-0.39, 0.29) is 11.7 Å². The summed E-state index contributed by atoms with van der Waals surface area (Å²) in [6.07, 6.45) is 1.43. The lowest BCUT2D eigenvalue weighted by molar-refractivity contribution is 0.101. The van der Waals surface area contributed by atoms with Gasteiger partial charge in [0, 0.05) is 18.3 Å². The second-order valence-electron chi connectivity index (χ2n) is 3.66. The standard InChI is InChI=1S/C12H12ClN3O2/c1-2-16-11(10(13)7-14-16)12(18)15-8-4-3-5-9(17)6-8/h3-7,17H,2H2,1H3,(H,15,18). The molecule has 0 aliphatic carbocycles. The number of hydrogen-bond acceptors (Lipinski definition) is 3. The molecule has 0 saturated heterocycles. The first kappa shape index (κ1) is 12.4. The van der Waals surface area contributed by atoms with E-state index in [1.807, 2.05) is 6.92 Å². The Morgan fingerprint density at radius 2 is 2.33 bits per heavy atom. The quantitative estimate of drug-likeness (QED) is 0.896. The molecule has 1 aromatic carbocycles. The number of carbonyl (C=O) groups excluding carboxylic acids is 1. The van der Waals surface area contributed by atoms with Gasteiger partial charge in [-0.2, -0.15) is 5.10 Å². The van der Waals surface area contributed by atoms with Crippen molar-refractivity contribution in [3.63, 3.8) is 0 Å². The average molecular weight is 266 g/mol. The lowest BCUT2D eigenvalue weighted by Gasteiger charge is -2.07. The van der Waals surface area contributed by atoms with E-state index < -0.39 is 0 Å². The topological polar surface area (TPSA) is 67.2 Å².